The zero-order chi connectivity index (χ0) is 13.6. The summed E-state index contributed by atoms with van der Waals surface area (Å²) in [5.74, 6) is 0.0240. The number of nitrogens with two attached hydrogens (primary N) is 1. The summed E-state index contributed by atoms with van der Waals surface area (Å²) in [4.78, 5) is 24.6. The van der Waals surface area contributed by atoms with E-state index in [9.17, 15) is 9.59 Å². The maximum absolute atomic E-state index is 11.7. The molecule has 1 unspecified atom stereocenters. The topological polar surface area (TPSA) is 75.4 Å². The summed E-state index contributed by atoms with van der Waals surface area (Å²) >= 11 is 0. The lowest BCUT2D eigenvalue weighted by Crippen LogP contribution is -2.42. The molecule has 0 aliphatic carbocycles. The highest BCUT2D eigenvalue weighted by molar-refractivity contribution is 5.84. The van der Waals surface area contributed by atoms with Gasteiger partial charge in [0.15, 0.2) is 0 Å². The van der Waals surface area contributed by atoms with Gasteiger partial charge in [0.05, 0.1) is 6.54 Å². The highest BCUT2D eigenvalue weighted by atomic mass is 16.2. The fourth-order valence-corrected chi connectivity index (χ4v) is 1.26. The van der Waals surface area contributed by atoms with E-state index in [1.165, 1.54) is 4.90 Å². The third-order valence-corrected chi connectivity index (χ3v) is 2.52. The predicted octanol–water partition coefficient (Wildman–Crippen LogP) is 0.343. The molecular formula is C12H25N3O2. The van der Waals surface area contributed by atoms with Gasteiger partial charge in [-0.2, -0.15) is 0 Å². The van der Waals surface area contributed by atoms with Gasteiger partial charge < -0.3 is 16.0 Å². The molecule has 0 rings (SSSR count). The van der Waals surface area contributed by atoms with Crippen LogP contribution >= 0.6 is 0 Å². The molecule has 0 radical (unpaired) electrons. The van der Waals surface area contributed by atoms with E-state index in [4.69, 9.17) is 5.73 Å². The monoisotopic (exact) mass is 243 g/mol. The van der Waals surface area contributed by atoms with Crippen LogP contribution in [0, 0.1) is 5.92 Å². The first kappa shape index (κ1) is 15.9. The Bertz CT molecular complexity index is 264. The molecule has 1 atom stereocenters. The van der Waals surface area contributed by atoms with E-state index in [0.29, 0.717) is 0 Å². The zero-order valence-corrected chi connectivity index (χ0v) is 11.5. The standard InChI is InChI=1S/C12H25N3O2/c1-8(2)10(13)6-12(17)15(5)7-11(16)14-9(3)4/h8-10H,6-7,13H2,1-5H3,(H,14,16). The van der Waals surface area contributed by atoms with E-state index < -0.39 is 0 Å². The molecule has 0 saturated carbocycles. The van der Waals surface area contributed by atoms with Crippen LogP contribution in [0.15, 0.2) is 0 Å². The van der Waals surface area contributed by atoms with Gasteiger partial charge in [-0.1, -0.05) is 13.8 Å². The van der Waals surface area contributed by atoms with Gasteiger partial charge in [0.2, 0.25) is 11.8 Å². The summed E-state index contributed by atoms with van der Waals surface area (Å²) in [6, 6.07) is -0.0676. The van der Waals surface area contributed by atoms with Crippen LogP contribution in [0.5, 0.6) is 0 Å². The van der Waals surface area contributed by atoms with Crippen LogP contribution in [0.3, 0.4) is 0 Å². The van der Waals surface area contributed by atoms with Crippen LogP contribution in [0.25, 0.3) is 0 Å². The first-order valence-electron chi connectivity index (χ1n) is 6.03. The summed E-state index contributed by atoms with van der Waals surface area (Å²) in [5.41, 5.74) is 5.82. The number of rotatable bonds is 6. The molecule has 0 heterocycles. The number of hydrogen-bond acceptors (Lipinski definition) is 3. The second kappa shape index (κ2) is 7.27. The maximum Gasteiger partial charge on any atom is 0.239 e. The molecule has 5 heteroatoms. The summed E-state index contributed by atoms with van der Waals surface area (Å²) < 4.78 is 0. The number of carbonyl (C=O) groups is 2. The lowest BCUT2D eigenvalue weighted by atomic mass is 10.0. The van der Waals surface area contributed by atoms with Gasteiger partial charge in [-0.05, 0) is 19.8 Å². The molecule has 0 saturated heterocycles. The highest BCUT2D eigenvalue weighted by Gasteiger charge is 2.18. The van der Waals surface area contributed by atoms with Crippen LogP contribution < -0.4 is 11.1 Å². The number of likely N-dealkylation sites (N-methyl/N-ethyl adjacent to an activating group) is 1. The van der Waals surface area contributed by atoms with Gasteiger partial charge in [-0.15, -0.1) is 0 Å². The van der Waals surface area contributed by atoms with Gasteiger partial charge in [-0.25, -0.2) is 0 Å². The van der Waals surface area contributed by atoms with Gasteiger partial charge in [0, 0.05) is 25.6 Å². The fourth-order valence-electron chi connectivity index (χ4n) is 1.26. The van der Waals surface area contributed by atoms with E-state index in [1.807, 2.05) is 27.7 Å². The quantitative estimate of drug-likeness (QED) is 0.706. The second-order valence-electron chi connectivity index (χ2n) is 5.08. The first-order valence-corrected chi connectivity index (χ1v) is 6.03. The lowest BCUT2D eigenvalue weighted by molar-refractivity contribution is -0.135. The zero-order valence-electron chi connectivity index (χ0n) is 11.5. The lowest BCUT2D eigenvalue weighted by Gasteiger charge is -2.21. The highest BCUT2D eigenvalue weighted by Crippen LogP contribution is 2.04. The Morgan fingerprint density at radius 2 is 1.76 bits per heavy atom. The van der Waals surface area contributed by atoms with Crippen molar-refractivity contribution in [2.24, 2.45) is 11.7 Å². The minimum Gasteiger partial charge on any atom is -0.352 e. The van der Waals surface area contributed by atoms with Crippen molar-refractivity contribution in [3.05, 3.63) is 0 Å². The largest absolute Gasteiger partial charge is 0.352 e. The van der Waals surface area contributed by atoms with Crippen molar-refractivity contribution < 1.29 is 9.59 Å². The Labute approximate surface area is 104 Å². The van der Waals surface area contributed by atoms with Gasteiger partial charge in [0.1, 0.15) is 0 Å². The van der Waals surface area contributed by atoms with E-state index in [1.54, 1.807) is 7.05 Å². The molecule has 0 aromatic rings. The molecule has 0 aliphatic heterocycles. The third kappa shape index (κ3) is 6.94. The van der Waals surface area contributed by atoms with Gasteiger partial charge >= 0.3 is 0 Å². The molecule has 2 amide bonds. The van der Waals surface area contributed by atoms with Gasteiger partial charge in [0.25, 0.3) is 0 Å². The molecule has 3 N–H and O–H groups in total. The average molecular weight is 243 g/mol. The number of nitrogens with one attached hydrogen (secondary N) is 1. The SMILES string of the molecule is CC(C)NC(=O)CN(C)C(=O)CC(N)C(C)C. The van der Waals surface area contributed by atoms with Crippen molar-refractivity contribution in [3.8, 4) is 0 Å². The number of amides is 2. The molecule has 0 bridgehead atoms. The second-order valence-corrected chi connectivity index (χ2v) is 5.08. The molecular weight excluding hydrogens is 218 g/mol. The number of carbonyl (C=O) groups excluding carboxylic acids is 2. The van der Waals surface area contributed by atoms with Crippen LogP contribution in [0.4, 0.5) is 0 Å². The maximum atomic E-state index is 11.7. The third-order valence-electron chi connectivity index (χ3n) is 2.52. The summed E-state index contributed by atoms with van der Waals surface area (Å²) in [6.07, 6.45) is 0.281. The molecule has 0 aliphatic rings. The van der Waals surface area contributed by atoms with Crippen molar-refractivity contribution in [1.82, 2.24) is 10.2 Å². The number of hydrogen-bond donors (Lipinski definition) is 2. The van der Waals surface area contributed by atoms with E-state index >= 15 is 0 Å². The number of nitrogens with zero attached hydrogens (tertiary/aromatic N) is 1. The molecule has 0 fully saturated rings. The fraction of sp³-hybridized carbons (Fsp3) is 0.833. The van der Waals surface area contributed by atoms with E-state index in [2.05, 4.69) is 5.32 Å². The minimum atomic E-state index is -0.155. The van der Waals surface area contributed by atoms with Gasteiger partial charge in [-0.3, -0.25) is 9.59 Å². The van der Waals surface area contributed by atoms with Crippen molar-refractivity contribution in [2.45, 2.75) is 46.2 Å². The minimum absolute atomic E-state index is 0.0851. The molecule has 0 spiro atoms. The van der Waals surface area contributed by atoms with Crippen LogP contribution in [0.2, 0.25) is 0 Å². The van der Waals surface area contributed by atoms with E-state index in [-0.39, 0.29) is 42.8 Å². The summed E-state index contributed by atoms with van der Waals surface area (Å²) in [6.45, 7) is 7.80. The van der Waals surface area contributed by atoms with Crippen molar-refractivity contribution in [2.75, 3.05) is 13.6 Å². The molecule has 0 aromatic carbocycles. The smallest absolute Gasteiger partial charge is 0.239 e. The Morgan fingerprint density at radius 3 is 2.18 bits per heavy atom. The van der Waals surface area contributed by atoms with Crippen molar-refractivity contribution in [1.29, 1.82) is 0 Å². The molecule has 5 nitrogen and oxygen atoms in total. The van der Waals surface area contributed by atoms with Crippen molar-refractivity contribution >= 4 is 11.8 Å². The summed E-state index contributed by atoms with van der Waals surface area (Å²) in [5, 5.41) is 2.74. The Kier molecular flexibility index (Phi) is 6.80. The molecule has 17 heavy (non-hydrogen) atoms. The van der Waals surface area contributed by atoms with Crippen LogP contribution in [0.1, 0.15) is 34.1 Å². The normalized spacial score (nSPS) is 12.7. The summed E-state index contributed by atoms with van der Waals surface area (Å²) in [7, 11) is 1.62. The molecule has 100 valence electrons. The van der Waals surface area contributed by atoms with E-state index in [0.717, 1.165) is 0 Å². The Hall–Kier alpha value is -1.10. The Balaban J connectivity index is 4.10. The van der Waals surface area contributed by atoms with Crippen molar-refractivity contribution in [3.63, 3.8) is 0 Å². The van der Waals surface area contributed by atoms with Crippen LogP contribution in [-0.2, 0) is 9.59 Å². The Morgan fingerprint density at radius 1 is 1.24 bits per heavy atom. The predicted molar refractivity (Wildman–Crippen MR) is 68.3 cm³/mol. The average Bonchev–Trinajstić information content (AvgIpc) is 2.15. The molecule has 0 aromatic heterocycles. The van der Waals surface area contributed by atoms with Crippen LogP contribution in [-0.4, -0.2) is 42.4 Å². The first-order chi connectivity index (χ1) is 7.73.